The number of aromatic nitrogens is 1. The third kappa shape index (κ3) is 2.13. The average molecular weight is 240 g/mol. The van der Waals surface area contributed by atoms with Crippen LogP contribution in [0.1, 0.15) is 11.8 Å². The van der Waals surface area contributed by atoms with Gasteiger partial charge >= 0.3 is 4.87 Å². The molecule has 0 aliphatic carbocycles. The number of hydrogen-bond acceptors (Lipinski definition) is 2. The summed E-state index contributed by atoms with van der Waals surface area (Å²) in [5, 5.41) is 0.703. The molecule has 0 fully saturated rings. The van der Waals surface area contributed by atoms with Gasteiger partial charge in [0.15, 0.2) is 0 Å². The van der Waals surface area contributed by atoms with Crippen molar-refractivity contribution >= 4 is 22.9 Å². The normalized spacial score (nSPS) is 10.5. The fourth-order valence-electron chi connectivity index (χ4n) is 1.46. The second-order valence-electron chi connectivity index (χ2n) is 3.17. The van der Waals surface area contributed by atoms with Crippen LogP contribution in [0.15, 0.2) is 29.1 Å². The van der Waals surface area contributed by atoms with Crippen LogP contribution in [-0.2, 0) is 6.42 Å². The van der Waals surface area contributed by atoms with Crippen LogP contribution in [-0.4, -0.2) is 4.98 Å². The molecule has 1 N–H and O–H groups in total. The Morgan fingerprint density at radius 2 is 2.00 bits per heavy atom. The molecule has 15 heavy (non-hydrogen) atoms. The maximum Gasteiger partial charge on any atom is 0.305 e. The van der Waals surface area contributed by atoms with Gasteiger partial charge in [-0.05, 0) is 24.1 Å². The van der Waals surface area contributed by atoms with Gasteiger partial charge in [-0.1, -0.05) is 42.0 Å². The molecule has 0 unspecified atom stereocenters. The lowest BCUT2D eigenvalue weighted by Gasteiger charge is -2.00. The Bertz CT molecular complexity index is 512. The zero-order chi connectivity index (χ0) is 10.8. The summed E-state index contributed by atoms with van der Waals surface area (Å²) in [6.07, 6.45) is 0.862. The highest BCUT2D eigenvalue weighted by atomic mass is 35.5. The quantitative estimate of drug-likeness (QED) is 0.857. The average Bonchev–Trinajstić information content (AvgIpc) is 2.61. The van der Waals surface area contributed by atoms with E-state index in [1.54, 1.807) is 0 Å². The maximum atomic E-state index is 11.2. The minimum Gasteiger partial charge on any atom is -0.312 e. The van der Waals surface area contributed by atoms with E-state index in [0.717, 1.165) is 22.6 Å². The van der Waals surface area contributed by atoms with Crippen molar-refractivity contribution in [3.63, 3.8) is 0 Å². The van der Waals surface area contributed by atoms with Gasteiger partial charge in [0, 0.05) is 9.90 Å². The first-order valence-electron chi connectivity index (χ1n) is 4.68. The predicted molar refractivity (Wildman–Crippen MR) is 64.8 cm³/mol. The van der Waals surface area contributed by atoms with Crippen LogP contribution in [0.25, 0.3) is 11.3 Å². The van der Waals surface area contributed by atoms with E-state index in [2.05, 4.69) is 4.98 Å². The Labute approximate surface area is 96.5 Å². The van der Waals surface area contributed by atoms with Crippen molar-refractivity contribution in [3.8, 4) is 11.3 Å². The second-order valence-corrected chi connectivity index (χ2v) is 4.68. The molecule has 1 heterocycles. The topological polar surface area (TPSA) is 32.9 Å². The number of aromatic amines is 1. The largest absolute Gasteiger partial charge is 0.312 e. The van der Waals surface area contributed by atoms with Crippen LogP contribution in [0.2, 0.25) is 5.02 Å². The van der Waals surface area contributed by atoms with Gasteiger partial charge in [0.1, 0.15) is 0 Å². The number of H-pyrrole nitrogens is 1. The van der Waals surface area contributed by atoms with Crippen molar-refractivity contribution in [2.24, 2.45) is 0 Å². The van der Waals surface area contributed by atoms with Gasteiger partial charge in [-0.3, -0.25) is 4.79 Å². The molecule has 0 aliphatic rings. The molecule has 0 atom stereocenters. The lowest BCUT2D eigenvalue weighted by molar-refractivity contribution is 1.17. The number of rotatable bonds is 2. The number of nitrogens with one attached hydrogen (secondary N) is 1. The first kappa shape index (κ1) is 10.5. The molecular weight excluding hydrogens is 230 g/mol. The number of thiazole rings is 1. The first-order chi connectivity index (χ1) is 7.20. The highest BCUT2D eigenvalue weighted by Gasteiger charge is 2.07. The highest BCUT2D eigenvalue weighted by molar-refractivity contribution is 7.09. The molecule has 2 rings (SSSR count). The molecule has 0 amide bonds. The SMILES string of the molecule is CCc1sc(=O)[nH]c1-c1ccc(Cl)cc1. The second kappa shape index (κ2) is 4.21. The van der Waals surface area contributed by atoms with Crippen molar-refractivity contribution in [1.82, 2.24) is 4.98 Å². The van der Waals surface area contributed by atoms with E-state index in [1.165, 1.54) is 11.3 Å². The predicted octanol–water partition coefficient (Wildman–Crippen LogP) is 3.32. The van der Waals surface area contributed by atoms with E-state index < -0.39 is 0 Å². The van der Waals surface area contributed by atoms with Crippen LogP contribution in [0, 0.1) is 0 Å². The van der Waals surface area contributed by atoms with Gasteiger partial charge in [0.05, 0.1) is 5.69 Å². The summed E-state index contributed by atoms with van der Waals surface area (Å²) in [6.45, 7) is 2.04. The van der Waals surface area contributed by atoms with Crippen LogP contribution in [0.3, 0.4) is 0 Å². The molecule has 0 saturated carbocycles. The summed E-state index contributed by atoms with van der Waals surface area (Å²) in [5.74, 6) is 0. The summed E-state index contributed by atoms with van der Waals surface area (Å²) >= 11 is 7.08. The minimum absolute atomic E-state index is 0.00296. The van der Waals surface area contributed by atoms with E-state index in [1.807, 2.05) is 31.2 Å². The summed E-state index contributed by atoms with van der Waals surface area (Å²) in [6, 6.07) is 7.48. The van der Waals surface area contributed by atoms with Crippen LogP contribution >= 0.6 is 22.9 Å². The zero-order valence-electron chi connectivity index (χ0n) is 8.21. The maximum absolute atomic E-state index is 11.2. The Morgan fingerprint density at radius 1 is 1.33 bits per heavy atom. The van der Waals surface area contributed by atoms with Gasteiger partial charge in [-0.15, -0.1) is 0 Å². The van der Waals surface area contributed by atoms with Gasteiger partial charge < -0.3 is 4.98 Å². The molecule has 78 valence electrons. The molecule has 1 aromatic heterocycles. The fourth-order valence-corrected chi connectivity index (χ4v) is 2.38. The molecule has 4 heteroatoms. The standard InChI is InChI=1S/C11H10ClNOS/c1-2-9-10(13-11(14)15-9)7-3-5-8(12)6-4-7/h3-6H,2H2,1H3,(H,13,14). The number of benzene rings is 1. The first-order valence-corrected chi connectivity index (χ1v) is 5.88. The van der Waals surface area contributed by atoms with Crippen LogP contribution < -0.4 is 4.87 Å². The Kier molecular flexibility index (Phi) is 2.93. The molecule has 1 aromatic carbocycles. The molecular formula is C11H10ClNOS. The van der Waals surface area contributed by atoms with Crippen molar-refractivity contribution < 1.29 is 0 Å². The lowest BCUT2D eigenvalue weighted by atomic mass is 10.1. The molecule has 0 spiro atoms. The third-order valence-corrected chi connectivity index (χ3v) is 3.45. The lowest BCUT2D eigenvalue weighted by Crippen LogP contribution is -1.92. The van der Waals surface area contributed by atoms with Crippen molar-refractivity contribution in [1.29, 1.82) is 0 Å². The van der Waals surface area contributed by atoms with E-state index in [4.69, 9.17) is 11.6 Å². The van der Waals surface area contributed by atoms with Crippen LogP contribution in [0.5, 0.6) is 0 Å². The van der Waals surface area contributed by atoms with E-state index in [0.29, 0.717) is 5.02 Å². The highest BCUT2D eigenvalue weighted by Crippen LogP contribution is 2.24. The van der Waals surface area contributed by atoms with E-state index in [-0.39, 0.29) is 4.87 Å². The van der Waals surface area contributed by atoms with Crippen molar-refractivity contribution in [3.05, 3.63) is 43.8 Å². The fraction of sp³-hybridized carbons (Fsp3) is 0.182. The molecule has 0 radical (unpaired) electrons. The number of halogens is 1. The summed E-state index contributed by atoms with van der Waals surface area (Å²) < 4.78 is 0. The van der Waals surface area contributed by atoms with Crippen molar-refractivity contribution in [2.75, 3.05) is 0 Å². The molecule has 0 aliphatic heterocycles. The molecule has 2 aromatic rings. The summed E-state index contributed by atoms with van der Waals surface area (Å²) in [7, 11) is 0. The summed E-state index contributed by atoms with van der Waals surface area (Å²) in [4.78, 5) is 15.2. The van der Waals surface area contributed by atoms with E-state index >= 15 is 0 Å². The molecule has 0 bridgehead atoms. The van der Waals surface area contributed by atoms with Gasteiger partial charge in [-0.25, -0.2) is 0 Å². The van der Waals surface area contributed by atoms with Gasteiger partial charge in [0.25, 0.3) is 0 Å². The van der Waals surface area contributed by atoms with Crippen LogP contribution in [0.4, 0.5) is 0 Å². The third-order valence-electron chi connectivity index (χ3n) is 2.18. The zero-order valence-corrected chi connectivity index (χ0v) is 9.78. The van der Waals surface area contributed by atoms with Gasteiger partial charge in [0.2, 0.25) is 0 Å². The molecule has 2 nitrogen and oxygen atoms in total. The summed E-state index contributed by atoms with van der Waals surface area (Å²) in [5.41, 5.74) is 1.93. The smallest absolute Gasteiger partial charge is 0.305 e. The number of hydrogen-bond donors (Lipinski definition) is 1. The van der Waals surface area contributed by atoms with Gasteiger partial charge in [-0.2, -0.15) is 0 Å². The Balaban J connectivity index is 2.53. The van der Waals surface area contributed by atoms with E-state index in [9.17, 15) is 4.79 Å². The Hall–Kier alpha value is -1.06. The van der Waals surface area contributed by atoms with Crippen molar-refractivity contribution in [2.45, 2.75) is 13.3 Å². The monoisotopic (exact) mass is 239 g/mol. The Morgan fingerprint density at radius 3 is 2.60 bits per heavy atom. The number of aryl methyl sites for hydroxylation is 1. The minimum atomic E-state index is -0.00296. The molecule has 0 saturated heterocycles.